The van der Waals surface area contributed by atoms with Gasteiger partial charge in [0.1, 0.15) is 12.4 Å². The van der Waals surface area contributed by atoms with Crippen LogP contribution in [0.5, 0.6) is 5.75 Å². The van der Waals surface area contributed by atoms with Crippen molar-refractivity contribution < 1.29 is 14.6 Å². The first kappa shape index (κ1) is 13.5. The number of carboxylic acid groups (broad SMARTS) is 1. The van der Waals surface area contributed by atoms with Crippen molar-refractivity contribution in [3.8, 4) is 16.9 Å². The summed E-state index contributed by atoms with van der Waals surface area (Å²) in [6, 6.07) is 3.82. The first-order chi connectivity index (χ1) is 10.2. The summed E-state index contributed by atoms with van der Waals surface area (Å²) in [4.78, 5) is 19.1. The van der Waals surface area contributed by atoms with Gasteiger partial charge in [-0.1, -0.05) is 0 Å². The van der Waals surface area contributed by atoms with Gasteiger partial charge >= 0.3 is 5.97 Å². The molecule has 3 heterocycles. The largest absolute Gasteiger partial charge is 0.490 e. The van der Waals surface area contributed by atoms with E-state index in [1.165, 1.54) is 6.20 Å². The molecule has 2 N–H and O–H groups in total. The van der Waals surface area contributed by atoms with Crippen molar-refractivity contribution in [1.82, 2.24) is 15.3 Å². The second kappa shape index (κ2) is 5.88. The fourth-order valence-electron chi connectivity index (χ4n) is 2.06. The molecule has 0 bridgehead atoms. The van der Waals surface area contributed by atoms with Gasteiger partial charge in [0, 0.05) is 35.8 Å². The van der Waals surface area contributed by atoms with Gasteiger partial charge in [-0.2, -0.15) is 0 Å². The molecular formula is C15H15N3O3. The van der Waals surface area contributed by atoms with E-state index < -0.39 is 5.97 Å². The number of carbonyl (C=O) groups is 1. The second-order valence-electron chi connectivity index (χ2n) is 4.93. The van der Waals surface area contributed by atoms with Gasteiger partial charge in [0.2, 0.25) is 0 Å². The standard InChI is InChI=1S/C15H15N3O3/c19-15(20)12-3-10(5-16-7-12)11-4-14(8-17-6-11)21-9-13-1-2-18-13/h3-8,13,18H,1-2,9H2,(H,19,20). The molecule has 6 nitrogen and oxygen atoms in total. The zero-order valence-corrected chi connectivity index (χ0v) is 11.3. The van der Waals surface area contributed by atoms with Crippen molar-refractivity contribution >= 4 is 5.97 Å². The molecule has 1 atom stereocenters. The second-order valence-corrected chi connectivity index (χ2v) is 4.93. The average Bonchev–Trinajstić information content (AvgIpc) is 2.46. The van der Waals surface area contributed by atoms with E-state index in [0.29, 0.717) is 24.0 Å². The van der Waals surface area contributed by atoms with E-state index in [-0.39, 0.29) is 5.56 Å². The van der Waals surface area contributed by atoms with E-state index in [1.54, 1.807) is 24.7 Å². The summed E-state index contributed by atoms with van der Waals surface area (Å²) in [6.45, 7) is 1.65. The maximum absolute atomic E-state index is 11.0. The minimum Gasteiger partial charge on any atom is -0.490 e. The summed E-state index contributed by atoms with van der Waals surface area (Å²) >= 11 is 0. The predicted molar refractivity (Wildman–Crippen MR) is 76.3 cm³/mol. The Kier molecular flexibility index (Phi) is 3.79. The molecule has 1 unspecified atom stereocenters. The van der Waals surface area contributed by atoms with Crippen molar-refractivity contribution in [1.29, 1.82) is 0 Å². The fourth-order valence-corrected chi connectivity index (χ4v) is 2.06. The molecule has 1 aliphatic rings. The van der Waals surface area contributed by atoms with Crippen LogP contribution in [0.4, 0.5) is 0 Å². The van der Waals surface area contributed by atoms with E-state index in [4.69, 9.17) is 9.84 Å². The monoisotopic (exact) mass is 285 g/mol. The maximum Gasteiger partial charge on any atom is 0.337 e. The summed E-state index contributed by atoms with van der Waals surface area (Å²) in [5, 5.41) is 12.3. The SMILES string of the molecule is O=C(O)c1cncc(-c2cncc(OCC3CCN3)c2)c1. The van der Waals surface area contributed by atoms with Gasteiger partial charge in [0.15, 0.2) is 0 Å². The van der Waals surface area contributed by atoms with Gasteiger partial charge < -0.3 is 15.2 Å². The summed E-state index contributed by atoms with van der Waals surface area (Å²) in [5.74, 6) is -0.331. The Balaban J connectivity index is 1.78. The highest BCUT2D eigenvalue weighted by molar-refractivity contribution is 5.88. The number of aromatic nitrogens is 2. The van der Waals surface area contributed by atoms with E-state index in [1.807, 2.05) is 6.07 Å². The summed E-state index contributed by atoms with van der Waals surface area (Å²) in [5.41, 5.74) is 1.64. The van der Waals surface area contributed by atoms with Crippen molar-refractivity contribution in [2.24, 2.45) is 0 Å². The topological polar surface area (TPSA) is 84.3 Å². The molecule has 0 radical (unpaired) electrons. The molecule has 2 aromatic heterocycles. The van der Waals surface area contributed by atoms with Gasteiger partial charge in [-0.3, -0.25) is 9.97 Å². The Morgan fingerprint density at radius 3 is 2.62 bits per heavy atom. The Morgan fingerprint density at radius 1 is 1.24 bits per heavy atom. The molecule has 0 aromatic carbocycles. The minimum atomic E-state index is -0.999. The van der Waals surface area contributed by atoms with Crippen LogP contribution in [-0.4, -0.2) is 40.2 Å². The Labute approximate surface area is 121 Å². The van der Waals surface area contributed by atoms with Crippen LogP contribution in [-0.2, 0) is 0 Å². The van der Waals surface area contributed by atoms with Crippen molar-refractivity contribution in [2.75, 3.05) is 13.2 Å². The minimum absolute atomic E-state index is 0.150. The summed E-state index contributed by atoms with van der Waals surface area (Å²) in [6.07, 6.45) is 7.37. The number of nitrogens with one attached hydrogen (secondary N) is 1. The third-order valence-corrected chi connectivity index (χ3v) is 3.41. The third kappa shape index (κ3) is 3.17. The molecule has 108 valence electrons. The van der Waals surface area contributed by atoms with Crippen LogP contribution >= 0.6 is 0 Å². The molecule has 1 fully saturated rings. The van der Waals surface area contributed by atoms with Gasteiger partial charge in [-0.05, 0) is 25.1 Å². The van der Waals surface area contributed by atoms with Crippen LogP contribution in [0.15, 0.2) is 36.9 Å². The number of pyridine rings is 2. The quantitative estimate of drug-likeness (QED) is 0.867. The lowest BCUT2D eigenvalue weighted by Crippen LogP contribution is -2.46. The lowest BCUT2D eigenvalue weighted by atomic mass is 10.1. The number of ether oxygens (including phenoxy) is 1. The van der Waals surface area contributed by atoms with E-state index in [0.717, 1.165) is 18.5 Å². The molecule has 1 aliphatic heterocycles. The number of hydrogen-bond acceptors (Lipinski definition) is 5. The van der Waals surface area contributed by atoms with Crippen molar-refractivity contribution in [3.63, 3.8) is 0 Å². The Hall–Kier alpha value is -2.47. The van der Waals surface area contributed by atoms with Gasteiger partial charge in [-0.15, -0.1) is 0 Å². The number of nitrogens with zero attached hydrogens (tertiary/aromatic N) is 2. The average molecular weight is 285 g/mol. The predicted octanol–water partition coefficient (Wildman–Crippen LogP) is 1.58. The lowest BCUT2D eigenvalue weighted by molar-refractivity contribution is 0.0696. The third-order valence-electron chi connectivity index (χ3n) is 3.41. The lowest BCUT2D eigenvalue weighted by Gasteiger charge is -2.27. The normalized spacial score (nSPS) is 17.0. The van der Waals surface area contributed by atoms with Crippen LogP contribution in [0.1, 0.15) is 16.8 Å². The first-order valence-corrected chi connectivity index (χ1v) is 6.72. The van der Waals surface area contributed by atoms with Crippen LogP contribution in [0, 0.1) is 0 Å². The fraction of sp³-hybridized carbons (Fsp3) is 0.267. The summed E-state index contributed by atoms with van der Waals surface area (Å²) < 4.78 is 5.69. The van der Waals surface area contributed by atoms with Gasteiger partial charge in [0.25, 0.3) is 0 Å². The number of carboxylic acids is 1. The van der Waals surface area contributed by atoms with Crippen LogP contribution in [0.25, 0.3) is 11.1 Å². The van der Waals surface area contributed by atoms with E-state index in [2.05, 4.69) is 15.3 Å². The smallest absolute Gasteiger partial charge is 0.337 e. The van der Waals surface area contributed by atoms with Crippen LogP contribution in [0.3, 0.4) is 0 Å². The number of hydrogen-bond donors (Lipinski definition) is 2. The highest BCUT2D eigenvalue weighted by atomic mass is 16.5. The highest BCUT2D eigenvalue weighted by Crippen LogP contribution is 2.23. The van der Waals surface area contributed by atoms with Crippen molar-refractivity contribution in [2.45, 2.75) is 12.5 Å². The van der Waals surface area contributed by atoms with Crippen molar-refractivity contribution in [3.05, 3.63) is 42.5 Å². The molecular weight excluding hydrogens is 270 g/mol. The van der Waals surface area contributed by atoms with Crippen LogP contribution < -0.4 is 10.1 Å². The zero-order valence-electron chi connectivity index (χ0n) is 11.3. The highest BCUT2D eigenvalue weighted by Gasteiger charge is 2.16. The molecule has 0 saturated carbocycles. The zero-order chi connectivity index (χ0) is 14.7. The Bertz CT molecular complexity index is 656. The molecule has 6 heteroatoms. The summed E-state index contributed by atoms with van der Waals surface area (Å²) in [7, 11) is 0. The Morgan fingerprint density at radius 2 is 1.95 bits per heavy atom. The molecule has 0 aliphatic carbocycles. The molecule has 2 aromatic rings. The van der Waals surface area contributed by atoms with Gasteiger partial charge in [-0.25, -0.2) is 4.79 Å². The van der Waals surface area contributed by atoms with E-state index in [9.17, 15) is 4.79 Å². The molecule has 0 spiro atoms. The van der Waals surface area contributed by atoms with Crippen LogP contribution in [0.2, 0.25) is 0 Å². The molecule has 1 saturated heterocycles. The van der Waals surface area contributed by atoms with E-state index >= 15 is 0 Å². The maximum atomic E-state index is 11.0. The molecule has 21 heavy (non-hydrogen) atoms. The molecule has 0 amide bonds. The number of aromatic carboxylic acids is 1. The van der Waals surface area contributed by atoms with Gasteiger partial charge in [0.05, 0.1) is 11.8 Å². The molecule has 3 rings (SSSR count). The number of rotatable bonds is 5. The first-order valence-electron chi connectivity index (χ1n) is 6.72.